The number of benzene rings is 1. The second-order valence-corrected chi connectivity index (χ2v) is 5.13. The van der Waals surface area contributed by atoms with Crippen molar-refractivity contribution in [3.63, 3.8) is 0 Å². The highest BCUT2D eigenvalue weighted by atomic mass is 79.9. The van der Waals surface area contributed by atoms with Crippen molar-refractivity contribution in [2.45, 2.75) is 19.8 Å². The third-order valence-electron chi connectivity index (χ3n) is 2.38. The van der Waals surface area contributed by atoms with Crippen LogP contribution in [0.5, 0.6) is 0 Å². The lowest BCUT2D eigenvalue weighted by molar-refractivity contribution is 0.862. The summed E-state index contributed by atoms with van der Waals surface area (Å²) in [4.78, 5) is 4.38. The lowest BCUT2D eigenvalue weighted by Gasteiger charge is -2.09. The van der Waals surface area contributed by atoms with Crippen molar-refractivity contribution < 1.29 is 0 Å². The molecule has 0 saturated carbocycles. The summed E-state index contributed by atoms with van der Waals surface area (Å²) in [6.07, 6.45) is 0. The third-order valence-corrected chi connectivity index (χ3v) is 3.18. The second kappa shape index (κ2) is 4.11. The van der Waals surface area contributed by atoms with Gasteiger partial charge in [-0.3, -0.25) is 0 Å². The first-order valence-corrected chi connectivity index (χ1v) is 6.00. The molecule has 0 saturated heterocycles. The highest BCUT2D eigenvalue weighted by Gasteiger charge is 2.08. The Morgan fingerprint density at radius 1 is 1.27 bits per heavy atom. The Bertz CT molecular complexity index is 508. The molecule has 3 heteroatoms. The van der Waals surface area contributed by atoms with Gasteiger partial charge in [0.25, 0.3) is 0 Å². The van der Waals surface area contributed by atoms with E-state index in [0.29, 0.717) is 11.1 Å². The van der Waals surface area contributed by atoms with Crippen molar-refractivity contribution in [3.8, 4) is 0 Å². The fourth-order valence-electron chi connectivity index (χ4n) is 1.55. The van der Waals surface area contributed by atoms with Gasteiger partial charge in [0.2, 0.25) is 0 Å². The molecule has 1 nitrogen and oxygen atoms in total. The average molecular weight is 285 g/mol. The zero-order valence-electron chi connectivity index (χ0n) is 8.59. The van der Waals surface area contributed by atoms with Crippen LogP contribution in [0, 0.1) is 0 Å². The Kier molecular flexibility index (Phi) is 2.98. The molecule has 0 spiro atoms. The lowest BCUT2D eigenvalue weighted by atomic mass is 10.0. The highest BCUT2D eigenvalue weighted by molar-refractivity contribution is 9.10. The maximum Gasteiger partial charge on any atom is 0.133 e. The SMILES string of the molecule is CC(C)c1cc2cc(Br)ccc2nc1Cl. The zero-order chi connectivity index (χ0) is 11.0. The first kappa shape index (κ1) is 10.9. The molecule has 0 radical (unpaired) electrons. The van der Waals surface area contributed by atoms with Gasteiger partial charge in [-0.15, -0.1) is 0 Å². The molecule has 15 heavy (non-hydrogen) atoms. The number of aromatic nitrogens is 1. The Hall–Kier alpha value is -0.600. The van der Waals surface area contributed by atoms with Crippen molar-refractivity contribution in [1.29, 1.82) is 0 Å². The fourth-order valence-corrected chi connectivity index (χ4v) is 2.29. The predicted molar refractivity (Wildman–Crippen MR) is 68.5 cm³/mol. The third kappa shape index (κ3) is 2.16. The molecule has 0 amide bonds. The Morgan fingerprint density at radius 2 is 2.00 bits per heavy atom. The van der Waals surface area contributed by atoms with Gasteiger partial charge in [-0.1, -0.05) is 41.4 Å². The van der Waals surface area contributed by atoms with E-state index in [1.54, 1.807) is 0 Å². The molecule has 0 aliphatic carbocycles. The lowest BCUT2D eigenvalue weighted by Crippen LogP contribution is -1.92. The fraction of sp³-hybridized carbons (Fsp3) is 0.250. The van der Waals surface area contributed by atoms with Crippen LogP contribution in [0.3, 0.4) is 0 Å². The Morgan fingerprint density at radius 3 is 2.67 bits per heavy atom. The number of hydrogen-bond acceptors (Lipinski definition) is 1. The average Bonchev–Trinajstić information content (AvgIpc) is 2.17. The molecule has 0 fully saturated rings. The molecule has 0 aliphatic rings. The smallest absolute Gasteiger partial charge is 0.133 e. The van der Waals surface area contributed by atoms with E-state index in [-0.39, 0.29) is 0 Å². The molecule has 78 valence electrons. The van der Waals surface area contributed by atoms with Gasteiger partial charge in [0.1, 0.15) is 5.15 Å². The van der Waals surface area contributed by atoms with E-state index >= 15 is 0 Å². The largest absolute Gasteiger partial charge is 0.236 e. The number of hydrogen-bond donors (Lipinski definition) is 0. The standard InChI is InChI=1S/C12H11BrClN/c1-7(2)10-6-8-5-9(13)3-4-11(8)15-12(10)14/h3-7H,1-2H3. The van der Waals surface area contributed by atoms with E-state index in [4.69, 9.17) is 11.6 Å². The number of nitrogens with zero attached hydrogens (tertiary/aromatic N) is 1. The number of fused-ring (bicyclic) bond motifs is 1. The van der Waals surface area contributed by atoms with Crippen molar-refractivity contribution >= 4 is 38.4 Å². The summed E-state index contributed by atoms with van der Waals surface area (Å²) in [5.41, 5.74) is 2.04. The van der Waals surface area contributed by atoms with E-state index in [9.17, 15) is 0 Å². The van der Waals surface area contributed by atoms with Gasteiger partial charge in [-0.05, 0) is 35.7 Å². The molecule has 0 unspecified atom stereocenters. The van der Waals surface area contributed by atoms with Crippen LogP contribution >= 0.6 is 27.5 Å². The maximum absolute atomic E-state index is 6.12. The summed E-state index contributed by atoms with van der Waals surface area (Å²) < 4.78 is 1.06. The minimum atomic E-state index is 0.397. The minimum Gasteiger partial charge on any atom is -0.236 e. The second-order valence-electron chi connectivity index (χ2n) is 3.86. The first-order chi connectivity index (χ1) is 7.08. The van der Waals surface area contributed by atoms with E-state index in [2.05, 4.69) is 46.9 Å². The molecule has 0 N–H and O–H groups in total. The predicted octanol–water partition coefficient (Wildman–Crippen LogP) is 4.77. The van der Waals surface area contributed by atoms with Crippen LogP contribution in [-0.2, 0) is 0 Å². The van der Waals surface area contributed by atoms with Crippen LogP contribution in [0.2, 0.25) is 5.15 Å². The van der Waals surface area contributed by atoms with Crippen molar-refractivity contribution in [2.75, 3.05) is 0 Å². The molecule has 2 rings (SSSR count). The molecule has 1 aromatic carbocycles. The Balaban J connectivity index is 2.72. The Labute approximate surface area is 103 Å². The normalized spacial score (nSPS) is 11.3. The summed E-state index contributed by atoms with van der Waals surface area (Å²) in [6.45, 7) is 4.24. The van der Waals surface area contributed by atoms with Crippen LogP contribution in [0.15, 0.2) is 28.7 Å². The quantitative estimate of drug-likeness (QED) is 0.687. The number of rotatable bonds is 1. The van der Waals surface area contributed by atoms with Crippen LogP contribution in [-0.4, -0.2) is 4.98 Å². The van der Waals surface area contributed by atoms with Crippen molar-refractivity contribution in [1.82, 2.24) is 4.98 Å². The molecular formula is C12H11BrClN. The van der Waals surface area contributed by atoms with Gasteiger partial charge in [-0.2, -0.15) is 0 Å². The van der Waals surface area contributed by atoms with Crippen LogP contribution in [0.25, 0.3) is 10.9 Å². The zero-order valence-corrected chi connectivity index (χ0v) is 10.9. The summed E-state index contributed by atoms with van der Waals surface area (Å²) in [7, 11) is 0. The molecule has 0 atom stereocenters. The van der Waals surface area contributed by atoms with Gasteiger partial charge in [-0.25, -0.2) is 4.98 Å². The summed E-state index contributed by atoms with van der Waals surface area (Å²) in [6, 6.07) is 8.11. The van der Waals surface area contributed by atoms with Crippen molar-refractivity contribution in [3.05, 3.63) is 39.5 Å². The summed E-state index contributed by atoms with van der Waals surface area (Å²) in [5.74, 6) is 0.397. The van der Waals surface area contributed by atoms with Gasteiger partial charge < -0.3 is 0 Å². The van der Waals surface area contributed by atoms with Crippen LogP contribution in [0.4, 0.5) is 0 Å². The maximum atomic E-state index is 6.12. The van der Waals surface area contributed by atoms with Gasteiger partial charge in [0.15, 0.2) is 0 Å². The van der Waals surface area contributed by atoms with E-state index in [1.807, 2.05) is 12.1 Å². The van der Waals surface area contributed by atoms with E-state index in [0.717, 1.165) is 20.9 Å². The summed E-state index contributed by atoms with van der Waals surface area (Å²) >= 11 is 9.57. The number of pyridine rings is 1. The van der Waals surface area contributed by atoms with E-state index in [1.165, 1.54) is 0 Å². The molecular weight excluding hydrogens is 273 g/mol. The van der Waals surface area contributed by atoms with Gasteiger partial charge in [0.05, 0.1) is 5.52 Å². The van der Waals surface area contributed by atoms with Gasteiger partial charge >= 0.3 is 0 Å². The summed E-state index contributed by atoms with van der Waals surface area (Å²) in [5, 5.41) is 1.73. The molecule has 1 heterocycles. The van der Waals surface area contributed by atoms with Crippen LogP contribution in [0.1, 0.15) is 25.3 Å². The monoisotopic (exact) mass is 283 g/mol. The molecule has 2 aromatic rings. The van der Waals surface area contributed by atoms with Gasteiger partial charge in [0, 0.05) is 9.86 Å². The minimum absolute atomic E-state index is 0.397. The first-order valence-electron chi connectivity index (χ1n) is 4.83. The molecule has 0 aliphatic heterocycles. The topological polar surface area (TPSA) is 12.9 Å². The van der Waals surface area contributed by atoms with Crippen LogP contribution < -0.4 is 0 Å². The van der Waals surface area contributed by atoms with Crippen molar-refractivity contribution in [2.24, 2.45) is 0 Å². The molecule has 0 bridgehead atoms. The molecule has 1 aromatic heterocycles. The highest BCUT2D eigenvalue weighted by Crippen LogP contribution is 2.27. The number of halogens is 2. The van der Waals surface area contributed by atoms with E-state index < -0.39 is 0 Å².